The number of aryl methyl sites for hydroxylation is 4. The Balaban J connectivity index is 2.04. The van der Waals surface area contributed by atoms with Crippen molar-refractivity contribution in [2.75, 3.05) is 0 Å². The van der Waals surface area contributed by atoms with Crippen LogP contribution in [0.5, 0.6) is 11.5 Å². The summed E-state index contributed by atoms with van der Waals surface area (Å²) in [6.45, 7) is 6.87. The predicted octanol–water partition coefficient (Wildman–Crippen LogP) is 4.33. The van der Waals surface area contributed by atoms with E-state index in [2.05, 4.69) is 32.0 Å². The molecule has 0 heterocycles. The van der Waals surface area contributed by atoms with Crippen molar-refractivity contribution in [3.63, 3.8) is 0 Å². The molecule has 4 nitrogen and oxygen atoms in total. The standard InChI is InChI=1S/C21H24O4/c1-14-8-9-18(12-15(14)2)6-5-7-19-10-11-20(24-16(3)22)21(13-19)25-17(4)23/h8-13H,5-7H2,1-4H3. The van der Waals surface area contributed by atoms with Crippen LogP contribution in [0.15, 0.2) is 36.4 Å². The normalized spacial score (nSPS) is 10.4. The fourth-order valence-corrected chi connectivity index (χ4v) is 2.64. The first-order valence-electron chi connectivity index (χ1n) is 8.41. The molecule has 0 amide bonds. The van der Waals surface area contributed by atoms with E-state index in [0.29, 0.717) is 0 Å². The van der Waals surface area contributed by atoms with Crippen LogP contribution in [-0.4, -0.2) is 11.9 Å². The zero-order valence-corrected chi connectivity index (χ0v) is 15.2. The van der Waals surface area contributed by atoms with Crippen molar-refractivity contribution in [2.24, 2.45) is 0 Å². The predicted molar refractivity (Wildman–Crippen MR) is 97.0 cm³/mol. The molecule has 0 aliphatic carbocycles. The Morgan fingerprint density at radius 1 is 0.760 bits per heavy atom. The molecule has 0 bridgehead atoms. The van der Waals surface area contributed by atoms with Crippen molar-refractivity contribution in [3.8, 4) is 11.5 Å². The summed E-state index contributed by atoms with van der Waals surface area (Å²) < 4.78 is 10.2. The first kappa shape index (κ1) is 18.7. The molecule has 0 aliphatic heterocycles. The highest BCUT2D eigenvalue weighted by atomic mass is 16.6. The number of carbonyl (C=O) groups is 2. The van der Waals surface area contributed by atoms with Gasteiger partial charge in [-0.15, -0.1) is 0 Å². The molecule has 0 saturated carbocycles. The van der Waals surface area contributed by atoms with Gasteiger partial charge in [0.1, 0.15) is 0 Å². The van der Waals surface area contributed by atoms with E-state index >= 15 is 0 Å². The molecule has 0 spiro atoms. The van der Waals surface area contributed by atoms with Crippen LogP contribution in [0.3, 0.4) is 0 Å². The smallest absolute Gasteiger partial charge is 0.308 e. The first-order valence-corrected chi connectivity index (χ1v) is 8.41. The minimum Gasteiger partial charge on any atom is -0.423 e. The van der Waals surface area contributed by atoms with Gasteiger partial charge in [-0.25, -0.2) is 0 Å². The third-order valence-electron chi connectivity index (χ3n) is 4.02. The van der Waals surface area contributed by atoms with Crippen molar-refractivity contribution < 1.29 is 19.1 Å². The molecule has 25 heavy (non-hydrogen) atoms. The molecule has 0 fully saturated rings. The Labute approximate surface area is 148 Å². The van der Waals surface area contributed by atoms with Crippen LogP contribution in [0.1, 0.15) is 42.5 Å². The van der Waals surface area contributed by atoms with Gasteiger partial charge in [0.25, 0.3) is 0 Å². The van der Waals surface area contributed by atoms with Crippen LogP contribution >= 0.6 is 0 Å². The zero-order chi connectivity index (χ0) is 18.4. The minimum absolute atomic E-state index is 0.264. The Kier molecular flexibility index (Phi) is 6.34. The molecule has 0 saturated heterocycles. The highest BCUT2D eigenvalue weighted by molar-refractivity contribution is 5.73. The molecule has 0 atom stereocenters. The lowest BCUT2D eigenvalue weighted by atomic mass is 10.0. The fourth-order valence-electron chi connectivity index (χ4n) is 2.64. The van der Waals surface area contributed by atoms with Gasteiger partial charge in [0.15, 0.2) is 11.5 Å². The highest BCUT2D eigenvalue weighted by Crippen LogP contribution is 2.29. The lowest BCUT2D eigenvalue weighted by Gasteiger charge is -2.11. The summed E-state index contributed by atoms with van der Waals surface area (Å²) >= 11 is 0. The first-order chi connectivity index (χ1) is 11.8. The maximum Gasteiger partial charge on any atom is 0.308 e. The van der Waals surface area contributed by atoms with E-state index in [4.69, 9.17) is 9.47 Å². The molecule has 2 aromatic carbocycles. The number of hydrogen-bond acceptors (Lipinski definition) is 4. The largest absolute Gasteiger partial charge is 0.423 e. The average molecular weight is 340 g/mol. The second-order valence-corrected chi connectivity index (χ2v) is 6.24. The van der Waals surface area contributed by atoms with E-state index in [1.165, 1.54) is 30.5 Å². The van der Waals surface area contributed by atoms with E-state index in [9.17, 15) is 9.59 Å². The minimum atomic E-state index is -0.448. The van der Waals surface area contributed by atoms with Crippen molar-refractivity contribution in [3.05, 3.63) is 58.7 Å². The topological polar surface area (TPSA) is 52.6 Å². The van der Waals surface area contributed by atoms with Gasteiger partial charge in [0, 0.05) is 13.8 Å². The number of esters is 2. The molecule has 132 valence electrons. The van der Waals surface area contributed by atoms with Gasteiger partial charge in [-0.3, -0.25) is 9.59 Å². The van der Waals surface area contributed by atoms with Gasteiger partial charge in [-0.05, 0) is 67.5 Å². The molecule has 0 aliphatic rings. The van der Waals surface area contributed by atoms with Gasteiger partial charge in [-0.1, -0.05) is 24.3 Å². The lowest BCUT2D eigenvalue weighted by molar-refractivity contribution is -0.134. The van der Waals surface area contributed by atoms with Crippen molar-refractivity contribution >= 4 is 11.9 Å². The maximum absolute atomic E-state index is 11.3. The third kappa shape index (κ3) is 5.75. The van der Waals surface area contributed by atoms with Gasteiger partial charge in [0.2, 0.25) is 0 Å². The fraction of sp³-hybridized carbons (Fsp3) is 0.333. The molecule has 0 radical (unpaired) electrons. The van der Waals surface area contributed by atoms with Crippen LogP contribution < -0.4 is 9.47 Å². The number of carbonyl (C=O) groups excluding carboxylic acids is 2. The SMILES string of the molecule is CC(=O)Oc1ccc(CCCc2ccc(C)c(C)c2)cc1OC(C)=O. The van der Waals surface area contributed by atoms with Gasteiger partial charge in [0.05, 0.1) is 0 Å². The van der Waals surface area contributed by atoms with Crippen molar-refractivity contribution in [1.82, 2.24) is 0 Å². The van der Waals surface area contributed by atoms with E-state index in [1.807, 2.05) is 6.07 Å². The molecular weight excluding hydrogens is 316 g/mol. The Hall–Kier alpha value is -2.62. The molecule has 0 N–H and O–H groups in total. The van der Waals surface area contributed by atoms with Crippen LogP contribution in [0.2, 0.25) is 0 Å². The third-order valence-corrected chi connectivity index (χ3v) is 4.02. The Morgan fingerprint density at radius 3 is 1.92 bits per heavy atom. The summed E-state index contributed by atoms with van der Waals surface area (Å²) in [5, 5.41) is 0. The number of rotatable bonds is 6. The molecule has 4 heteroatoms. The van der Waals surface area contributed by atoms with Gasteiger partial charge in [-0.2, -0.15) is 0 Å². The number of benzene rings is 2. The van der Waals surface area contributed by atoms with Crippen molar-refractivity contribution in [1.29, 1.82) is 0 Å². The summed E-state index contributed by atoms with van der Waals surface area (Å²) in [4.78, 5) is 22.4. The second kappa shape index (κ2) is 8.47. The maximum atomic E-state index is 11.3. The molecule has 2 aromatic rings. The Bertz CT molecular complexity index is 777. The Morgan fingerprint density at radius 2 is 1.32 bits per heavy atom. The summed E-state index contributed by atoms with van der Waals surface area (Å²) in [5.41, 5.74) is 4.96. The molecule has 2 rings (SSSR count). The van der Waals surface area contributed by atoms with Crippen LogP contribution in [0.4, 0.5) is 0 Å². The summed E-state index contributed by atoms with van der Waals surface area (Å²) in [6, 6.07) is 11.9. The van der Waals surface area contributed by atoms with E-state index in [1.54, 1.807) is 12.1 Å². The average Bonchev–Trinajstić information content (AvgIpc) is 2.52. The quantitative estimate of drug-likeness (QED) is 0.580. The van der Waals surface area contributed by atoms with Crippen LogP contribution in [0.25, 0.3) is 0 Å². The number of hydrogen-bond donors (Lipinski definition) is 0. The second-order valence-electron chi connectivity index (χ2n) is 6.24. The molecule has 0 aromatic heterocycles. The summed E-state index contributed by atoms with van der Waals surface area (Å²) in [7, 11) is 0. The van der Waals surface area contributed by atoms with Gasteiger partial charge >= 0.3 is 11.9 Å². The zero-order valence-electron chi connectivity index (χ0n) is 15.2. The highest BCUT2D eigenvalue weighted by Gasteiger charge is 2.11. The molecular formula is C21H24O4. The van der Waals surface area contributed by atoms with Gasteiger partial charge < -0.3 is 9.47 Å². The summed E-state index contributed by atoms with van der Waals surface area (Å²) in [6.07, 6.45) is 2.81. The van der Waals surface area contributed by atoms with E-state index in [0.717, 1.165) is 24.8 Å². The lowest BCUT2D eigenvalue weighted by Crippen LogP contribution is -2.07. The molecule has 0 unspecified atom stereocenters. The van der Waals surface area contributed by atoms with E-state index in [-0.39, 0.29) is 11.5 Å². The van der Waals surface area contributed by atoms with E-state index < -0.39 is 11.9 Å². The van der Waals surface area contributed by atoms with Crippen molar-refractivity contribution in [2.45, 2.75) is 47.0 Å². The van der Waals surface area contributed by atoms with Crippen LogP contribution in [-0.2, 0) is 22.4 Å². The van der Waals surface area contributed by atoms with Crippen LogP contribution in [0, 0.1) is 13.8 Å². The summed E-state index contributed by atoms with van der Waals surface area (Å²) in [5.74, 6) is -0.344. The monoisotopic (exact) mass is 340 g/mol. The number of ether oxygens (including phenoxy) is 2.